The summed E-state index contributed by atoms with van der Waals surface area (Å²) >= 11 is 0. The number of hydrogen-bond acceptors (Lipinski definition) is 4. The van der Waals surface area contributed by atoms with Crippen LogP contribution in [-0.4, -0.2) is 78.1 Å². The maximum Gasteiger partial charge on any atom is 0.0362 e. The predicted octanol–water partition coefficient (Wildman–Crippen LogP) is 1.11. The lowest BCUT2D eigenvalue weighted by atomic mass is 9.80. The van der Waals surface area contributed by atoms with Crippen LogP contribution in [0.4, 0.5) is 0 Å². The molecule has 4 rings (SSSR count). The van der Waals surface area contributed by atoms with Gasteiger partial charge in [-0.1, -0.05) is 0 Å². The molecule has 4 heteroatoms. The van der Waals surface area contributed by atoms with Gasteiger partial charge in [0.15, 0.2) is 0 Å². The van der Waals surface area contributed by atoms with Crippen molar-refractivity contribution in [3.63, 3.8) is 0 Å². The third-order valence-electron chi connectivity index (χ3n) is 7.42. The largest absolute Gasteiger partial charge is 0.329 e. The van der Waals surface area contributed by atoms with E-state index in [1.165, 1.54) is 58.0 Å². The molecule has 4 fully saturated rings. The van der Waals surface area contributed by atoms with Gasteiger partial charge in [0, 0.05) is 49.3 Å². The minimum absolute atomic E-state index is 0.295. The van der Waals surface area contributed by atoms with Gasteiger partial charge >= 0.3 is 0 Å². The highest BCUT2D eigenvalue weighted by atomic mass is 15.3. The van der Waals surface area contributed by atoms with Gasteiger partial charge in [0.1, 0.15) is 0 Å². The molecule has 0 saturated carbocycles. The number of hydrogen-bond donors (Lipinski definition) is 1. The Kier molecular flexibility index (Phi) is 3.57. The summed E-state index contributed by atoms with van der Waals surface area (Å²) in [5, 5.41) is 0. The molecule has 4 unspecified atom stereocenters. The molecule has 4 aliphatic rings. The Labute approximate surface area is 129 Å². The lowest BCUT2D eigenvalue weighted by Crippen LogP contribution is -2.63. The van der Waals surface area contributed by atoms with Gasteiger partial charge in [0.2, 0.25) is 0 Å². The fourth-order valence-electron chi connectivity index (χ4n) is 5.84. The lowest BCUT2D eigenvalue weighted by Gasteiger charge is -2.51. The molecule has 4 bridgehead atoms. The summed E-state index contributed by atoms with van der Waals surface area (Å²) in [6.45, 7) is 3.38. The summed E-state index contributed by atoms with van der Waals surface area (Å²) in [7, 11) is 4.68. The van der Waals surface area contributed by atoms with Gasteiger partial charge in [-0.15, -0.1) is 0 Å². The highest BCUT2D eigenvalue weighted by Crippen LogP contribution is 2.44. The average molecular weight is 292 g/mol. The monoisotopic (exact) mass is 292 g/mol. The first-order valence-corrected chi connectivity index (χ1v) is 9.02. The van der Waals surface area contributed by atoms with Crippen molar-refractivity contribution in [3.05, 3.63) is 0 Å². The molecule has 4 heterocycles. The molecule has 4 saturated heterocycles. The van der Waals surface area contributed by atoms with Crippen LogP contribution in [0.15, 0.2) is 0 Å². The number of nitrogens with two attached hydrogens (primary N) is 1. The first-order valence-electron chi connectivity index (χ1n) is 9.02. The summed E-state index contributed by atoms with van der Waals surface area (Å²) < 4.78 is 0. The second-order valence-electron chi connectivity index (χ2n) is 8.17. The van der Waals surface area contributed by atoms with Crippen molar-refractivity contribution in [3.8, 4) is 0 Å². The molecular formula is C17H32N4. The summed E-state index contributed by atoms with van der Waals surface area (Å²) in [5.74, 6) is 0. The van der Waals surface area contributed by atoms with Crippen LogP contribution in [0.1, 0.15) is 44.9 Å². The fourth-order valence-corrected chi connectivity index (χ4v) is 5.84. The van der Waals surface area contributed by atoms with Gasteiger partial charge in [-0.05, 0) is 59.0 Å². The van der Waals surface area contributed by atoms with Crippen molar-refractivity contribution in [2.75, 3.05) is 33.7 Å². The van der Waals surface area contributed by atoms with Crippen LogP contribution >= 0.6 is 0 Å². The molecule has 0 amide bonds. The lowest BCUT2D eigenvalue weighted by molar-refractivity contribution is -0.00337. The van der Waals surface area contributed by atoms with Crippen molar-refractivity contribution >= 4 is 0 Å². The molecule has 0 aromatic heterocycles. The van der Waals surface area contributed by atoms with E-state index in [2.05, 4.69) is 28.8 Å². The Morgan fingerprint density at radius 3 is 2.10 bits per heavy atom. The third-order valence-corrected chi connectivity index (χ3v) is 7.42. The topological polar surface area (TPSA) is 35.7 Å². The van der Waals surface area contributed by atoms with E-state index in [-0.39, 0.29) is 0 Å². The van der Waals surface area contributed by atoms with Crippen molar-refractivity contribution in [2.24, 2.45) is 5.73 Å². The van der Waals surface area contributed by atoms with Gasteiger partial charge in [-0.25, -0.2) is 0 Å². The zero-order valence-electron chi connectivity index (χ0n) is 13.8. The molecule has 0 radical (unpaired) electrons. The van der Waals surface area contributed by atoms with Gasteiger partial charge in [0.25, 0.3) is 0 Å². The molecule has 2 N–H and O–H groups in total. The van der Waals surface area contributed by atoms with Crippen molar-refractivity contribution in [2.45, 2.75) is 74.7 Å². The number of likely N-dealkylation sites (tertiary alicyclic amines) is 1. The van der Waals surface area contributed by atoms with E-state index in [4.69, 9.17) is 5.73 Å². The minimum atomic E-state index is 0.295. The van der Waals surface area contributed by atoms with E-state index in [0.29, 0.717) is 5.54 Å². The summed E-state index contributed by atoms with van der Waals surface area (Å²) in [6.07, 6.45) is 9.55. The second kappa shape index (κ2) is 5.19. The van der Waals surface area contributed by atoms with E-state index in [1.807, 2.05) is 0 Å². The van der Waals surface area contributed by atoms with Crippen LogP contribution in [0.5, 0.6) is 0 Å². The fraction of sp³-hybridized carbons (Fsp3) is 1.00. The quantitative estimate of drug-likeness (QED) is 0.827. The normalized spacial score (nSPS) is 48.7. The first-order chi connectivity index (χ1) is 10.1. The Morgan fingerprint density at radius 2 is 1.43 bits per heavy atom. The van der Waals surface area contributed by atoms with E-state index in [9.17, 15) is 0 Å². The molecule has 21 heavy (non-hydrogen) atoms. The highest BCUT2D eigenvalue weighted by molar-refractivity contribution is 5.08. The van der Waals surface area contributed by atoms with Crippen LogP contribution in [0.3, 0.4) is 0 Å². The molecule has 0 aliphatic carbocycles. The van der Waals surface area contributed by atoms with E-state index >= 15 is 0 Å². The number of likely N-dealkylation sites (N-methyl/N-ethyl adjacent to an activating group) is 1. The predicted molar refractivity (Wildman–Crippen MR) is 86.4 cm³/mol. The number of rotatable bonds is 2. The van der Waals surface area contributed by atoms with Gasteiger partial charge in [-0.2, -0.15) is 0 Å². The Bertz CT molecular complexity index is 384. The molecular weight excluding hydrogens is 260 g/mol. The van der Waals surface area contributed by atoms with E-state index < -0.39 is 0 Å². The Hall–Kier alpha value is -0.160. The molecule has 120 valence electrons. The van der Waals surface area contributed by atoms with Crippen LogP contribution in [-0.2, 0) is 0 Å². The maximum absolute atomic E-state index is 6.38. The van der Waals surface area contributed by atoms with Gasteiger partial charge < -0.3 is 10.6 Å². The summed E-state index contributed by atoms with van der Waals surface area (Å²) in [5.41, 5.74) is 6.67. The number of fused-ring (bicyclic) bond motifs is 4. The smallest absolute Gasteiger partial charge is 0.0362 e. The minimum Gasteiger partial charge on any atom is -0.329 e. The van der Waals surface area contributed by atoms with Gasteiger partial charge in [0.05, 0.1) is 0 Å². The summed E-state index contributed by atoms with van der Waals surface area (Å²) in [6, 6.07) is 3.17. The summed E-state index contributed by atoms with van der Waals surface area (Å²) in [4.78, 5) is 8.13. The van der Waals surface area contributed by atoms with Crippen molar-refractivity contribution in [1.29, 1.82) is 0 Å². The third kappa shape index (κ3) is 2.18. The molecule has 0 spiro atoms. The Balaban J connectivity index is 1.56. The molecule has 4 atom stereocenters. The molecule has 0 aromatic rings. The highest BCUT2D eigenvalue weighted by Gasteiger charge is 2.50. The van der Waals surface area contributed by atoms with Crippen molar-refractivity contribution < 1.29 is 0 Å². The van der Waals surface area contributed by atoms with Crippen molar-refractivity contribution in [1.82, 2.24) is 14.7 Å². The molecule has 0 aromatic carbocycles. The van der Waals surface area contributed by atoms with Gasteiger partial charge in [-0.3, -0.25) is 9.80 Å². The van der Waals surface area contributed by atoms with Crippen LogP contribution in [0.25, 0.3) is 0 Å². The standard InChI is InChI=1S/C17H32N4/c1-19-13-3-6-16(19)11-21(8-7-13)17(12-18)9-14-4-5-15(10-17)20(14)2/h13-16H,3-12,18H2,1-2H3. The second-order valence-corrected chi connectivity index (χ2v) is 8.17. The number of piperidine rings is 1. The van der Waals surface area contributed by atoms with E-state index in [0.717, 1.165) is 30.7 Å². The van der Waals surface area contributed by atoms with Crippen LogP contribution in [0, 0.1) is 0 Å². The molecule has 4 aliphatic heterocycles. The Morgan fingerprint density at radius 1 is 0.857 bits per heavy atom. The molecule has 4 nitrogen and oxygen atoms in total. The maximum atomic E-state index is 6.38. The van der Waals surface area contributed by atoms with Crippen LogP contribution < -0.4 is 5.73 Å². The SMILES string of the molecule is CN1C2CCC1CN(C1(CN)CC3CCC(C1)N3C)CC2. The number of nitrogens with zero attached hydrogens (tertiary/aromatic N) is 3. The first kappa shape index (κ1) is 14.4. The average Bonchev–Trinajstić information content (AvgIpc) is 2.83. The zero-order chi connectivity index (χ0) is 14.6. The van der Waals surface area contributed by atoms with E-state index in [1.54, 1.807) is 0 Å². The zero-order valence-corrected chi connectivity index (χ0v) is 13.8. The van der Waals surface area contributed by atoms with Crippen LogP contribution in [0.2, 0.25) is 0 Å².